The van der Waals surface area contributed by atoms with Crippen LogP contribution in [0.25, 0.3) is 0 Å². The van der Waals surface area contributed by atoms with Crippen molar-refractivity contribution in [2.24, 2.45) is 0 Å². The zero-order valence-electron chi connectivity index (χ0n) is 10.1. The highest BCUT2D eigenvalue weighted by Crippen LogP contribution is 2.20. The Morgan fingerprint density at radius 1 is 1.56 bits per heavy atom. The predicted octanol–water partition coefficient (Wildman–Crippen LogP) is 3.43. The lowest BCUT2D eigenvalue weighted by Crippen LogP contribution is -2.27. The average Bonchev–Trinajstić information content (AvgIpc) is 2.31. The molecule has 18 heavy (non-hydrogen) atoms. The highest BCUT2D eigenvalue weighted by atomic mass is 79.9. The van der Waals surface area contributed by atoms with Gasteiger partial charge in [0.25, 0.3) is 5.91 Å². The fraction of sp³-hybridized carbons (Fsp3) is 0.308. The Labute approximate surface area is 120 Å². The SMILES string of the molecule is C=C(C)COCCNC(=O)c1cc(Cl)ccc1Br. The molecule has 0 unspecified atom stereocenters. The van der Waals surface area contributed by atoms with Gasteiger partial charge in [0.2, 0.25) is 0 Å². The van der Waals surface area contributed by atoms with Gasteiger partial charge in [-0.1, -0.05) is 23.8 Å². The van der Waals surface area contributed by atoms with Crippen molar-refractivity contribution in [3.63, 3.8) is 0 Å². The van der Waals surface area contributed by atoms with Gasteiger partial charge in [-0.2, -0.15) is 0 Å². The fourth-order valence-electron chi connectivity index (χ4n) is 1.25. The summed E-state index contributed by atoms with van der Waals surface area (Å²) in [6, 6.07) is 5.09. The van der Waals surface area contributed by atoms with Crippen LogP contribution in [0.15, 0.2) is 34.8 Å². The van der Waals surface area contributed by atoms with E-state index in [0.29, 0.717) is 34.8 Å². The molecule has 0 atom stereocenters. The van der Waals surface area contributed by atoms with Crippen LogP contribution in [0.3, 0.4) is 0 Å². The monoisotopic (exact) mass is 331 g/mol. The summed E-state index contributed by atoms with van der Waals surface area (Å²) in [6.45, 7) is 7.03. The van der Waals surface area contributed by atoms with Gasteiger partial charge in [0.15, 0.2) is 0 Å². The molecule has 98 valence electrons. The molecule has 0 spiro atoms. The Morgan fingerprint density at radius 3 is 2.94 bits per heavy atom. The first-order valence-electron chi connectivity index (χ1n) is 5.46. The van der Waals surface area contributed by atoms with Crippen molar-refractivity contribution in [3.8, 4) is 0 Å². The van der Waals surface area contributed by atoms with Crippen LogP contribution in [0.4, 0.5) is 0 Å². The van der Waals surface area contributed by atoms with Gasteiger partial charge in [-0.25, -0.2) is 0 Å². The maximum absolute atomic E-state index is 11.8. The summed E-state index contributed by atoms with van der Waals surface area (Å²) in [5, 5.41) is 3.29. The summed E-state index contributed by atoms with van der Waals surface area (Å²) in [5.41, 5.74) is 1.47. The number of halogens is 2. The van der Waals surface area contributed by atoms with Crippen LogP contribution >= 0.6 is 27.5 Å². The lowest BCUT2D eigenvalue weighted by Gasteiger charge is -2.08. The van der Waals surface area contributed by atoms with E-state index in [1.54, 1.807) is 18.2 Å². The molecule has 0 aromatic heterocycles. The largest absolute Gasteiger partial charge is 0.375 e. The minimum Gasteiger partial charge on any atom is -0.375 e. The van der Waals surface area contributed by atoms with Gasteiger partial charge in [0.1, 0.15) is 0 Å². The second kappa shape index (κ2) is 7.56. The molecular weight excluding hydrogens is 318 g/mol. The third-order valence-corrected chi connectivity index (χ3v) is 2.98. The zero-order valence-corrected chi connectivity index (χ0v) is 12.5. The van der Waals surface area contributed by atoms with Crippen molar-refractivity contribution in [1.29, 1.82) is 0 Å². The van der Waals surface area contributed by atoms with Crippen molar-refractivity contribution in [3.05, 3.63) is 45.4 Å². The van der Waals surface area contributed by atoms with Gasteiger partial charge in [-0.15, -0.1) is 0 Å². The van der Waals surface area contributed by atoms with E-state index in [-0.39, 0.29) is 5.91 Å². The Balaban J connectivity index is 2.41. The summed E-state index contributed by atoms with van der Waals surface area (Å²) in [4.78, 5) is 11.8. The first-order valence-corrected chi connectivity index (χ1v) is 6.63. The molecule has 0 aliphatic rings. The third kappa shape index (κ3) is 5.21. The van der Waals surface area contributed by atoms with Crippen molar-refractivity contribution >= 4 is 33.4 Å². The highest BCUT2D eigenvalue weighted by molar-refractivity contribution is 9.10. The van der Waals surface area contributed by atoms with Gasteiger partial charge in [-0.3, -0.25) is 4.79 Å². The van der Waals surface area contributed by atoms with Gasteiger partial charge < -0.3 is 10.1 Å². The normalized spacial score (nSPS) is 10.2. The van der Waals surface area contributed by atoms with Crippen molar-refractivity contribution in [2.75, 3.05) is 19.8 Å². The van der Waals surface area contributed by atoms with E-state index in [0.717, 1.165) is 5.57 Å². The molecule has 1 aromatic rings. The van der Waals surface area contributed by atoms with Crippen LogP contribution in [-0.2, 0) is 4.74 Å². The summed E-state index contributed by atoms with van der Waals surface area (Å²) >= 11 is 9.15. The molecule has 1 N–H and O–H groups in total. The van der Waals surface area contributed by atoms with E-state index in [1.165, 1.54) is 0 Å². The molecule has 1 rings (SSSR count). The summed E-state index contributed by atoms with van der Waals surface area (Å²) in [7, 11) is 0. The number of amides is 1. The Hall–Kier alpha value is -0.840. The molecule has 0 heterocycles. The maximum Gasteiger partial charge on any atom is 0.252 e. The van der Waals surface area contributed by atoms with Crippen LogP contribution < -0.4 is 5.32 Å². The van der Waals surface area contributed by atoms with Crippen LogP contribution in [0.2, 0.25) is 5.02 Å². The van der Waals surface area contributed by atoms with Crippen molar-refractivity contribution < 1.29 is 9.53 Å². The number of carbonyl (C=O) groups is 1. The van der Waals surface area contributed by atoms with Crippen LogP contribution in [-0.4, -0.2) is 25.7 Å². The van der Waals surface area contributed by atoms with Crippen LogP contribution in [0, 0.1) is 0 Å². The standard InChI is InChI=1S/C13H15BrClNO2/c1-9(2)8-18-6-5-16-13(17)11-7-10(15)3-4-12(11)14/h3-4,7H,1,5-6,8H2,2H3,(H,16,17). The number of benzene rings is 1. The maximum atomic E-state index is 11.8. The van der Waals surface area contributed by atoms with E-state index < -0.39 is 0 Å². The second-order valence-corrected chi connectivity index (χ2v) is 5.18. The predicted molar refractivity (Wildman–Crippen MR) is 77.1 cm³/mol. The molecule has 0 saturated heterocycles. The number of hydrogen-bond acceptors (Lipinski definition) is 2. The first kappa shape index (κ1) is 15.2. The number of hydrogen-bond donors (Lipinski definition) is 1. The lowest BCUT2D eigenvalue weighted by molar-refractivity contribution is 0.0926. The summed E-state index contributed by atoms with van der Waals surface area (Å²) in [5.74, 6) is -0.177. The van der Waals surface area contributed by atoms with Crippen molar-refractivity contribution in [1.82, 2.24) is 5.32 Å². The van der Waals surface area contributed by atoms with Gasteiger partial charge in [0, 0.05) is 16.0 Å². The van der Waals surface area contributed by atoms with E-state index in [9.17, 15) is 4.79 Å². The molecule has 0 radical (unpaired) electrons. The molecule has 5 heteroatoms. The minimum atomic E-state index is -0.177. The highest BCUT2D eigenvalue weighted by Gasteiger charge is 2.09. The smallest absolute Gasteiger partial charge is 0.252 e. The molecule has 0 aliphatic heterocycles. The van der Waals surface area contributed by atoms with Crippen LogP contribution in [0.5, 0.6) is 0 Å². The van der Waals surface area contributed by atoms with E-state index in [2.05, 4.69) is 27.8 Å². The Morgan fingerprint density at radius 2 is 2.28 bits per heavy atom. The van der Waals surface area contributed by atoms with Crippen molar-refractivity contribution in [2.45, 2.75) is 6.92 Å². The molecule has 0 aliphatic carbocycles. The number of ether oxygens (including phenoxy) is 1. The number of carbonyl (C=O) groups excluding carboxylic acids is 1. The number of rotatable bonds is 6. The topological polar surface area (TPSA) is 38.3 Å². The third-order valence-electron chi connectivity index (χ3n) is 2.05. The fourth-order valence-corrected chi connectivity index (χ4v) is 1.85. The van der Waals surface area contributed by atoms with E-state index in [4.69, 9.17) is 16.3 Å². The Kier molecular flexibility index (Phi) is 6.39. The second-order valence-electron chi connectivity index (χ2n) is 3.89. The number of nitrogens with one attached hydrogen (secondary N) is 1. The van der Waals surface area contributed by atoms with Gasteiger partial charge in [-0.05, 0) is 41.1 Å². The van der Waals surface area contributed by atoms with E-state index >= 15 is 0 Å². The Bertz CT molecular complexity index is 449. The molecule has 1 aromatic carbocycles. The molecule has 1 amide bonds. The van der Waals surface area contributed by atoms with Gasteiger partial charge in [0.05, 0.1) is 18.8 Å². The summed E-state index contributed by atoms with van der Waals surface area (Å²) in [6.07, 6.45) is 0. The zero-order chi connectivity index (χ0) is 13.5. The molecule has 3 nitrogen and oxygen atoms in total. The van der Waals surface area contributed by atoms with Crippen LogP contribution in [0.1, 0.15) is 17.3 Å². The minimum absolute atomic E-state index is 0.177. The molecule has 0 saturated carbocycles. The lowest BCUT2D eigenvalue weighted by atomic mass is 10.2. The van der Waals surface area contributed by atoms with Gasteiger partial charge >= 0.3 is 0 Å². The quantitative estimate of drug-likeness (QED) is 0.640. The first-order chi connectivity index (χ1) is 8.50. The molecule has 0 bridgehead atoms. The molecule has 0 fully saturated rings. The molecular formula is C13H15BrClNO2. The van der Waals surface area contributed by atoms with E-state index in [1.807, 2.05) is 6.92 Å². The average molecular weight is 333 g/mol. The summed E-state index contributed by atoms with van der Waals surface area (Å²) < 4.78 is 6.00.